The van der Waals surface area contributed by atoms with Crippen molar-refractivity contribution in [2.75, 3.05) is 13.1 Å². The van der Waals surface area contributed by atoms with Crippen molar-refractivity contribution in [1.29, 1.82) is 0 Å². The minimum absolute atomic E-state index is 0.0279. The Kier molecular flexibility index (Phi) is 4.46. The van der Waals surface area contributed by atoms with Gasteiger partial charge < -0.3 is 14.4 Å². The van der Waals surface area contributed by atoms with Gasteiger partial charge in [-0.3, -0.25) is 4.79 Å². The second kappa shape index (κ2) is 6.92. The SMILES string of the molecule is O=C(c1ccc(F)cc1)N1CCCC(c2nc(-c3cc(Cl)c[nH]3)no2)C1. The van der Waals surface area contributed by atoms with Gasteiger partial charge in [-0.1, -0.05) is 16.8 Å². The van der Waals surface area contributed by atoms with E-state index in [2.05, 4.69) is 15.1 Å². The van der Waals surface area contributed by atoms with E-state index in [4.69, 9.17) is 16.1 Å². The van der Waals surface area contributed by atoms with Gasteiger partial charge in [0, 0.05) is 24.8 Å². The molecule has 134 valence electrons. The van der Waals surface area contributed by atoms with Crippen molar-refractivity contribution in [2.24, 2.45) is 0 Å². The number of hydrogen-bond donors (Lipinski definition) is 1. The Morgan fingerprint density at radius 3 is 2.88 bits per heavy atom. The van der Waals surface area contributed by atoms with E-state index in [0.717, 1.165) is 12.8 Å². The largest absolute Gasteiger partial charge is 0.357 e. The minimum atomic E-state index is -0.360. The van der Waals surface area contributed by atoms with Gasteiger partial charge in [-0.15, -0.1) is 0 Å². The maximum Gasteiger partial charge on any atom is 0.253 e. The molecule has 4 rings (SSSR count). The maximum absolute atomic E-state index is 13.1. The lowest BCUT2D eigenvalue weighted by Gasteiger charge is -2.31. The van der Waals surface area contributed by atoms with Crippen LogP contribution in [0.25, 0.3) is 11.5 Å². The van der Waals surface area contributed by atoms with Crippen LogP contribution >= 0.6 is 11.6 Å². The summed E-state index contributed by atoms with van der Waals surface area (Å²) >= 11 is 5.90. The highest BCUT2D eigenvalue weighted by molar-refractivity contribution is 6.30. The van der Waals surface area contributed by atoms with E-state index >= 15 is 0 Å². The number of piperidine rings is 1. The predicted octanol–water partition coefficient (Wildman–Crippen LogP) is 3.88. The molecular formula is C18H16ClFN4O2. The number of hydrogen-bond acceptors (Lipinski definition) is 4. The Morgan fingerprint density at radius 1 is 1.35 bits per heavy atom. The highest BCUT2D eigenvalue weighted by atomic mass is 35.5. The number of aromatic amines is 1. The van der Waals surface area contributed by atoms with Crippen molar-refractivity contribution < 1.29 is 13.7 Å². The highest BCUT2D eigenvalue weighted by Crippen LogP contribution is 2.28. The summed E-state index contributed by atoms with van der Waals surface area (Å²) in [6.45, 7) is 1.14. The average Bonchev–Trinajstić information content (AvgIpc) is 3.31. The normalized spacial score (nSPS) is 17.5. The lowest BCUT2D eigenvalue weighted by atomic mass is 9.97. The first-order valence-electron chi connectivity index (χ1n) is 8.33. The molecule has 1 aliphatic heterocycles. The van der Waals surface area contributed by atoms with E-state index in [1.165, 1.54) is 24.3 Å². The van der Waals surface area contributed by atoms with Crippen LogP contribution in [0.1, 0.15) is 35.0 Å². The molecule has 0 spiro atoms. The number of nitrogens with one attached hydrogen (secondary N) is 1. The van der Waals surface area contributed by atoms with Gasteiger partial charge in [0.25, 0.3) is 5.91 Å². The minimum Gasteiger partial charge on any atom is -0.357 e. The van der Waals surface area contributed by atoms with Gasteiger partial charge in [-0.25, -0.2) is 4.39 Å². The molecule has 8 heteroatoms. The first kappa shape index (κ1) is 16.8. The molecule has 0 saturated carbocycles. The number of benzene rings is 1. The van der Waals surface area contributed by atoms with Crippen molar-refractivity contribution in [3.8, 4) is 11.5 Å². The Hall–Kier alpha value is -2.67. The van der Waals surface area contributed by atoms with Crippen LogP contribution in [-0.2, 0) is 0 Å². The van der Waals surface area contributed by atoms with Gasteiger partial charge in [0.1, 0.15) is 5.82 Å². The van der Waals surface area contributed by atoms with Crippen LogP contribution in [-0.4, -0.2) is 39.0 Å². The Bertz CT molecular complexity index is 921. The molecule has 1 aliphatic rings. The summed E-state index contributed by atoms with van der Waals surface area (Å²) in [5.41, 5.74) is 1.15. The van der Waals surface area contributed by atoms with Gasteiger partial charge in [0.2, 0.25) is 11.7 Å². The summed E-state index contributed by atoms with van der Waals surface area (Å²) < 4.78 is 18.5. The van der Waals surface area contributed by atoms with Crippen LogP contribution in [0.2, 0.25) is 5.02 Å². The molecule has 6 nitrogen and oxygen atoms in total. The fourth-order valence-corrected chi connectivity index (χ4v) is 3.31. The van der Waals surface area contributed by atoms with E-state index in [1.807, 2.05) is 0 Å². The number of nitrogens with zero attached hydrogens (tertiary/aromatic N) is 3. The standard InChI is InChI=1S/C18H16ClFN4O2/c19-13-8-15(21-9-13)16-22-17(26-23-16)12-2-1-7-24(10-12)18(25)11-3-5-14(20)6-4-11/h3-6,8-9,12,21H,1-2,7,10H2. The molecule has 0 radical (unpaired) electrons. The molecule has 0 aliphatic carbocycles. The molecule has 1 aromatic carbocycles. The number of carbonyl (C=O) groups excluding carboxylic acids is 1. The fourth-order valence-electron chi connectivity index (χ4n) is 3.15. The number of H-pyrrole nitrogens is 1. The molecule has 1 amide bonds. The van der Waals surface area contributed by atoms with Gasteiger partial charge in [-0.2, -0.15) is 4.98 Å². The van der Waals surface area contributed by atoms with Crippen molar-refractivity contribution in [3.05, 3.63) is 58.8 Å². The lowest BCUT2D eigenvalue weighted by Crippen LogP contribution is -2.39. The van der Waals surface area contributed by atoms with Crippen molar-refractivity contribution >= 4 is 17.5 Å². The third-order valence-electron chi connectivity index (χ3n) is 4.48. The van der Waals surface area contributed by atoms with Crippen LogP contribution in [0.4, 0.5) is 4.39 Å². The summed E-state index contributed by atoms with van der Waals surface area (Å²) in [5, 5.41) is 4.56. The van der Waals surface area contributed by atoms with Crippen LogP contribution < -0.4 is 0 Å². The average molecular weight is 375 g/mol. The molecule has 3 heterocycles. The smallest absolute Gasteiger partial charge is 0.253 e. The maximum atomic E-state index is 13.1. The van der Waals surface area contributed by atoms with Crippen LogP contribution in [0, 0.1) is 5.82 Å². The number of amides is 1. The number of likely N-dealkylation sites (tertiary alicyclic amines) is 1. The first-order valence-corrected chi connectivity index (χ1v) is 8.70. The fraction of sp³-hybridized carbons (Fsp3) is 0.278. The molecule has 1 saturated heterocycles. The summed E-state index contributed by atoms with van der Waals surface area (Å²) in [6.07, 6.45) is 3.35. The topological polar surface area (TPSA) is 75.0 Å². The third-order valence-corrected chi connectivity index (χ3v) is 4.70. The van der Waals surface area contributed by atoms with Crippen molar-refractivity contribution in [3.63, 3.8) is 0 Å². The molecule has 1 N–H and O–H groups in total. The van der Waals surface area contributed by atoms with Crippen LogP contribution in [0.15, 0.2) is 41.1 Å². The molecule has 2 aromatic heterocycles. The Morgan fingerprint density at radius 2 is 2.15 bits per heavy atom. The number of rotatable bonds is 3. The molecule has 1 atom stereocenters. The van der Waals surface area contributed by atoms with E-state index < -0.39 is 0 Å². The van der Waals surface area contributed by atoms with Crippen LogP contribution in [0.5, 0.6) is 0 Å². The second-order valence-electron chi connectivity index (χ2n) is 6.29. The molecule has 1 unspecified atom stereocenters. The van der Waals surface area contributed by atoms with Gasteiger partial charge in [0.05, 0.1) is 16.6 Å². The Balaban J connectivity index is 1.49. The van der Waals surface area contributed by atoms with Gasteiger partial charge in [0.15, 0.2) is 0 Å². The van der Waals surface area contributed by atoms with E-state index in [1.54, 1.807) is 17.2 Å². The van der Waals surface area contributed by atoms with Gasteiger partial charge in [-0.05, 0) is 43.2 Å². The Labute approximate surface area is 154 Å². The number of carbonyl (C=O) groups is 1. The first-order chi connectivity index (χ1) is 12.6. The van der Waals surface area contributed by atoms with E-state index in [0.29, 0.717) is 41.1 Å². The van der Waals surface area contributed by atoms with Gasteiger partial charge >= 0.3 is 0 Å². The highest BCUT2D eigenvalue weighted by Gasteiger charge is 2.29. The number of aromatic nitrogens is 3. The molecular weight excluding hydrogens is 359 g/mol. The predicted molar refractivity (Wildman–Crippen MR) is 93.4 cm³/mol. The summed E-state index contributed by atoms with van der Waals surface area (Å²) in [4.78, 5) is 21.8. The summed E-state index contributed by atoms with van der Waals surface area (Å²) in [7, 11) is 0. The zero-order valence-corrected chi connectivity index (χ0v) is 14.5. The molecule has 26 heavy (non-hydrogen) atoms. The zero-order valence-electron chi connectivity index (χ0n) is 13.8. The van der Waals surface area contributed by atoms with Crippen LogP contribution in [0.3, 0.4) is 0 Å². The molecule has 0 bridgehead atoms. The monoisotopic (exact) mass is 374 g/mol. The quantitative estimate of drug-likeness (QED) is 0.755. The second-order valence-corrected chi connectivity index (χ2v) is 6.72. The zero-order chi connectivity index (χ0) is 18.1. The molecule has 1 fully saturated rings. The van der Waals surface area contributed by atoms with Crippen molar-refractivity contribution in [2.45, 2.75) is 18.8 Å². The lowest BCUT2D eigenvalue weighted by molar-refractivity contribution is 0.0695. The third kappa shape index (κ3) is 3.35. The van der Waals surface area contributed by atoms with E-state index in [-0.39, 0.29) is 17.6 Å². The van der Waals surface area contributed by atoms with E-state index in [9.17, 15) is 9.18 Å². The summed E-state index contributed by atoms with van der Waals surface area (Å²) in [6, 6.07) is 7.31. The molecule has 3 aromatic rings. The van der Waals surface area contributed by atoms with Crippen molar-refractivity contribution in [1.82, 2.24) is 20.0 Å². The summed E-state index contributed by atoms with van der Waals surface area (Å²) in [5.74, 6) is 0.433. The number of halogens is 2.